The molecule has 1 aliphatic carbocycles. The molecule has 0 radical (unpaired) electrons. The van der Waals surface area contributed by atoms with Gasteiger partial charge in [0.15, 0.2) is 0 Å². The second-order valence-corrected chi connectivity index (χ2v) is 9.51. The summed E-state index contributed by atoms with van der Waals surface area (Å²) < 4.78 is 11.4. The molecule has 3 aliphatic rings. The number of amides is 1. The summed E-state index contributed by atoms with van der Waals surface area (Å²) in [7, 11) is 0. The lowest BCUT2D eigenvalue weighted by molar-refractivity contribution is 0.0302. The Balaban J connectivity index is 1.32. The number of benzene rings is 1. The van der Waals surface area contributed by atoms with Gasteiger partial charge in [0, 0.05) is 42.9 Å². The van der Waals surface area contributed by atoms with Crippen molar-refractivity contribution in [2.45, 2.75) is 44.6 Å². The van der Waals surface area contributed by atoms with Gasteiger partial charge in [0.25, 0.3) is 5.91 Å². The van der Waals surface area contributed by atoms with Crippen LogP contribution in [0.2, 0.25) is 0 Å². The van der Waals surface area contributed by atoms with Gasteiger partial charge in [-0.05, 0) is 25.0 Å². The van der Waals surface area contributed by atoms with Crippen LogP contribution >= 0.6 is 0 Å². The van der Waals surface area contributed by atoms with Crippen molar-refractivity contribution < 1.29 is 14.3 Å². The van der Waals surface area contributed by atoms with E-state index in [1.54, 1.807) is 6.20 Å². The molecule has 2 fully saturated rings. The Morgan fingerprint density at radius 1 is 1.14 bits per heavy atom. The van der Waals surface area contributed by atoms with E-state index in [9.17, 15) is 10.1 Å². The highest BCUT2D eigenvalue weighted by molar-refractivity contribution is 5.98. The maximum Gasteiger partial charge on any atom is 0.254 e. The Kier molecular flexibility index (Phi) is 6.07. The normalized spacial score (nSPS) is 17.9. The first-order chi connectivity index (χ1) is 17.7. The van der Waals surface area contributed by atoms with Gasteiger partial charge in [0.1, 0.15) is 23.3 Å². The zero-order chi connectivity index (χ0) is 24.5. The predicted molar refractivity (Wildman–Crippen MR) is 135 cm³/mol. The first-order valence-corrected chi connectivity index (χ1v) is 12.7. The van der Waals surface area contributed by atoms with Gasteiger partial charge in [-0.2, -0.15) is 15.2 Å². The number of ether oxygens (including phenoxy) is 2. The van der Waals surface area contributed by atoms with E-state index in [0.29, 0.717) is 85.0 Å². The van der Waals surface area contributed by atoms with Crippen molar-refractivity contribution in [3.8, 4) is 11.8 Å². The number of nitrogens with one attached hydrogen (secondary N) is 3. The van der Waals surface area contributed by atoms with Crippen LogP contribution in [0.15, 0.2) is 18.3 Å². The third kappa shape index (κ3) is 4.20. The van der Waals surface area contributed by atoms with Gasteiger partial charge in [-0.3, -0.25) is 4.79 Å². The molecule has 1 aromatic carbocycles. The van der Waals surface area contributed by atoms with Crippen molar-refractivity contribution in [3.05, 3.63) is 35.0 Å². The number of morpholine rings is 1. The quantitative estimate of drug-likeness (QED) is 0.497. The largest absolute Gasteiger partial charge is 0.491 e. The number of anilines is 3. The molecule has 10 heteroatoms. The molecule has 0 spiro atoms. The fourth-order valence-electron chi connectivity index (χ4n) is 5.37. The van der Waals surface area contributed by atoms with Crippen LogP contribution in [-0.2, 0) is 11.2 Å². The summed E-state index contributed by atoms with van der Waals surface area (Å²) in [6.07, 6.45) is 8.14. The first-order valence-electron chi connectivity index (χ1n) is 12.7. The molecule has 3 aromatic rings. The van der Waals surface area contributed by atoms with Crippen molar-refractivity contribution in [1.82, 2.24) is 19.9 Å². The summed E-state index contributed by atoms with van der Waals surface area (Å²) in [4.78, 5) is 27.5. The zero-order valence-corrected chi connectivity index (χ0v) is 20.1. The van der Waals surface area contributed by atoms with Crippen LogP contribution in [0.5, 0.6) is 5.75 Å². The summed E-state index contributed by atoms with van der Waals surface area (Å²) in [5.41, 5.74) is 3.42. The second-order valence-electron chi connectivity index (χ2n) is 9.51. The van der Waals surface area contributed by atoms with Crippen molar-refractivity contribution in [3.63, 3.8) is 0 Å². The van der Waals surface area contributed by atoms with Crippen LogP contribution in [0, 0.1) is 11.3 Å². The Bertz CT molecular complexity index is 1330. The highest BCUT2D eigenvalue weighted by atomic mass is 16.5. The van der Waals surface area contributed by atoms with Gasteiger partial charge in [-0.15, -0.1) is 0 Å². The van der Waals surface area contributed by atoms with Crippen LogP contribution in [0.4, 0.5) is 17.5 Å². The van der Waals surface area contributed by atoms with E-state index in [0.717, 1.165) is 24.1 Å². The summed E-state index contributed by atoms with van der Waals surface area (Å²) in [6, 6.07) is 6.28. The lowest BCUT2D eigenvalue weighted by Crippen LogP contribution is -2.41. The molecule has 36 heavy (non-hydrogen) atoms. The third-order valence-electron chi connectivity index (χ3n) is 7.23. The maximum absolute atomic E-state index is 13.2. The topological polar surface area (TPSA) is 128 Å². The average Bonchev–Trinajstić information content (AvgIpc) is 3.57. The number of aromatic nitrogens is 3. The van der Waals surface area contributed by atoms with Gasteiger partial charge in [-0.25, -0.2) is 0 Å². The van der Waals surface area contributed by atoms with Gasteiger partial charge < -0.3 is 30.0 Å². The number of rotatable bonds is 5. The van der Waals surface area contributed by atoms with Crippen molar-refractivity contribution in [2.24, 2.45) is 0 Å². The number of H-pyrrole nitrogens is 1. The molecule has 1 saturated carbocycles. The minimum Gasteiger partial charge on any atom is -0.491 e. The molecule has 0 bridgehead atoms. The summed E-state index contributed by atoms with van der Waals surface area (Å²) >= 11 is 0. The van der Waals surface area contributed by atoms with Crippen molar-refractivity contribution in [2.75, 3.05) is 43.5 Å². The number of carbonyl (C=O) groups excluding carboxylic acids is 1. The molecule has 2 aliphatic heterocycles. The molecule has 4 heterocycles. The van der Waals surface area contributed by atoms with E-state index in [1.807, 2.05) is 17.0 Å². The molecule has 6 rings (SSSR count). The van der Waals surface area contributed by atoms with E-state index in [-0.39, 0.29) is 5.91 Å². The van der Waals surface area contributed by atoms with Crippen LogP contribution < -0.4 is 15.4 Å². The summed E-state index contributed by atoms with van der Waals surface area (Å²) in [5.74, 6) is 1.74. The summed E-state index contributed by atoms with van der Waals surface area (Å²) in [6.45, 7) is 2.84. The molecular weight excluding hydrogens is 458 g/mol. The van der Waals surface area contributed by atoms with Gasteiger partial charge >= 0.3 is 0 Å². The monoisotopic (exact) mass is 487 g/mol. The molecule has 0 atom stereocenters. The second kappa shape index (κ2) is 9.66. The maximum atomic E-state index is 13.2. The first kappa shape index (κ1) is 22.6. The van der Waals surface area contributed by atoms with Crippen molar-refractivity contribution >= 4 is 34.4 Å². The van der Waals surface area contributed by atoms with Crippen LogP contribution in [0.3, 0.4) is 0 Å². The minimum atomic E-state index is 0.0126. The predicted octanol–water partition coefficient (Wildman–Crippen LogP) is 3.73. The average molecular weight is 488 g/mol. The number of hydrogen-bond donors (Lipinski definition) is 3. The molecule has 3 N–H and O–H groups in total. The van der Waals surface area contributed by atoms with E-state index < -0.39 is 0 Å². The molecule has 1 amide bonds. The molecule has 2 aromatic heterocycles. The molecule has 10 nitrogen and oxygen atoms in total. The summed E-state index contributed by atoms with van der Waals surface area (Å²) in [5, 5.41) is 17.2. The van der Waals surface area contributed by atoms with E-state index in [2.05, 4.69) is 26.7 Å². The van der Waals surface area contributed by atoms with Crippen LogP contribution in [0.1, 0.15) is 53.6 Å². The number of nitrogens with zero attached hydrogens (tertiary/aromatic N) is 4. The number of carbonyl (C=O) groups is 1. The van der Waals surface area contributed by atoms with E-state index in [1.165, 1.54) is 19.3 Å². The minimum absolute atomic E-state index is 0.0126. The fraction of sp³-hybridized carbons (Fsp3) is 0.462. The molecular formula is C26H29N7O3. The molecule has 1 saturated heterocycles. The molecule has 0 unspecified atom stereocenters. The Hall–Kier alpha value is -3.84. The number of nitriles is 1. The Morgan fingerprint density at radius 3 is 2.78 bits per heavy atom. The van der Waals surface area contributed by atoms with Gasteiger partial charge in [-0.1, -0.05) is 19.3 Å². The van der Waals surface area contributed by atoms with E-state index >= 15 is 0 Å². The Labute approximate surface area is 209 Å². The smallest absolute Gasteiger partial charge is 0.254 e. The number of aromatic amines is 1. The fourth-order valence-corrected chi connectivity index (χ4v) is 5.37. The highest BCUT2D eigenvalue weighted by Gasteiger charge is 2.28. The highest BCUT2D eigenvalue weighted by Crippen LogP contribution is 2.38. The van der Waals surface area contributed by atoms with Gasteiger partial charge in [0.2, 0.25) is 5.95 Å². The number of fused-ring (bicyclic) bond motifs is 2. The SMILES string of the molecule is N#Cc1c[nH]c2nc(Nc3ccc(C(=O)N4CCOCC4)c4c3OCC4)nc(NC3CCCCC3)c12. The standard InChI is InChI=1S/C26H29N7O3/c27-14-16-15-28-23-21(16)24(29-17-4-2-1-3-5-17)32-26(31-23)30-20-7-6-19(18-8-11-36-22(18)20)25(34)33-9-12-35-13-10-33/h6-7,15,17H,1-5,8-13H2,(H3,28,29,30,31,32). The molecule has 186 valence electrons. The Morgan fingerprint density at radius 2 is 1.97 bits per heavy atom. The lowest BCUT2D eigenvalue weighted by Gasteiger charge is -2.27. The van der Waals surface area contributed by atoms with Crippen LogP contribution in [0.25, 0.3) is 11.0 Å². The van der Waals surface area contributed by atoms with Gasteiger partial charge in [0.05, 0.1) is 36.5 Å². The van der Waals surface area contributed by atoms with E-state index in [4.69, 9.17) is 14.5 Å². The van der Waals surface area contributed by atoms with Crippen LogP contribution in [-0.4, -0.2) is 64.7 Å². The third-order valence-corrected chi connectivity index (χ3v) is 7.23. The lowest BCUT2D eigenvalue weighted by atomic mass is 9.95. The zero-order valence-electron chi connectivity index (χ0n) is 20.1. The van der Waals surface area contributed by atoms with Crippen molar-refractivity contribution in [1.29, 1.82) is 5.26 Å². The number of hydrogen-bond acceptors (Lipinski definition) is 8.